The lowest BCUT2D eigenvalue weighted by molar-refractivity contribution is -0.149. The van der Waals surface area contributed by atoms with Crippen molar-refractivity contribution in [3.63, 3.8) is 0 Å². The molecule has 0 bridgehead atoms. The van der Waals surface area contributed by atoms with E-state index in [2.05, 4.69) is 38.8 Å². The van der Waals surface area contributed by atoms with E-state index in [1.807, 2.05) is 0 Å². The van der Waals surface area contributed by atoms with Crippen molar-refractivity contribution >= 4 is 12.9 Å². The van der Waals surface area contributed by atoms with Crippen LogP contribution in [0.25, 0.3) is 0 Å². The Hall–Kier alpha value is 0.230. The molecule has 0 N–H and O–H groups in total. The zero-order valence-corrected chi connectivity index (χ0v) is 8.75. The molecule has 0 spiro atoms. The first-order chi connectivity index (χ1) is 5.63. The predicted molar refractivity (Wildman–Crippen MR) is 51.1 cm³/mol. The highest BCUT2D eigenvalue weighted by atomic mass is 32.1. The molecule has 4 heteroatoms. The van der Waals surface area contributed by atoms with Crippen molar-refractivity contribution in [3.8, 4) is 0 Å². The molecule has 1 aliphatic heterocycles. The van der Waals surface area contributed by atoms with E-state index in [0.717, 1.165) is 12.8 Å². The third kappa shape index (κ3) is 2.62. The van der Waals surface area contributed by atoms with Gasteiger partial charge in [0.2, 0.25) is 0 Å². The van der Waals surface area contributed by atoms with Crippen LogP contribution in [0.2, 0.25) is 0 Å². The van der Waals surface area contributed by atoms with Gasteiger partial charge in [0.15, 0.2) is 6.29 Å². The second-order valence-electron chi connectivity index (χ2n) is 3.57. The minimum Gasteiger partial charge on any atom is -0.349 e. The Morgan fingerprint density at radius 2 is 2.08 bits per heavy atom. The fourth-order valence-electron chi connectivity index (χ4n) is 1.56. The summed E-state index contributed by atoms with van der Waals surface area (Å²) in [5.74, 6) is 0. The van der Waals surface area contributed by atoms with E-state index in [1.165, 1.54) is 0 Å². The van der Waals surface area contributed by atoms with E-state index in [9.17, 15) is 0 Å². The van der Waals surface area contributed by atoms with Crippen LogP contribution in [0.4, 0.5) is 0 Å². The van der Waals surface area contributed by atoms with Gasteiger partial charge in [0.25, 0.3) is 0 Å². The second-order valence-corrected chi connectivity index (χ2v) is 3.78. The Morgan fingerprint density at radius 1 is 1.42 bits per heavy atom. The molecule has 3 atom stereocenters. The van der Waals surface area contributed by atoms with Crippen molar-refractivity contribution in [2.24, 2.45) is 0 Å². The largest absolute Gasteiger partial charge is 0.349 e. The first-order valence-corrected chi connectivity index (χ1v) is 4.62. The monoisotopic (exact) mass is 191 g/mol. The van der Waals surface area contributed by atoms with Crippen molar-refractivity contribution in [1.29, 1.82) is 0 Å². The van der Waals surface area contributed by atoms with Gasteiger partial charge in [-0.05, 0) is 40.3 Å². The summed E-state index contributed by atoms with van der Waals surface area (Å²) in [7, 11) is 4.16. The molecule has 1 aliphatic rings. The predicted octanol–water partition coefficient (Wildman–Crippen LogP) is 1.30. The van der Waals surface area contributed by atoms with Crippen LogP contribution in [0.1, 0.15) is 19.8 Å². The molecule has 0 radical (unpaired) electrons. The molecule has 1 rings (SSSR count). The number of hydrogen-bond acceptors (Lipinski definition) is 4. The van der Waals surface area contributed by atoms with Crippen molar-refractivity contribution in [2.75, 3.05) is 14.1 Å². The van der Waals surface area contributed by atoms with Crippen LogP contribution in [0.15, 0.2) is 0 Å². The minimum absolute atomic E-state index is 0.149. The smallest absolute Gasteiger partial charge is 0.172 e. The summed E-state index contributed by atoms with van der Waals surface area (Å²) in [5.41, 5.74) is 0. The molecule has 3 nitrogen and oxygen atoms in total. The maximum absolute atomic E-state index is 5.49. The summed E-state index contributed by atoms with van der Waals surface area (Å²) in [4.78, 5) is 2.21. The minimum atomic E-state index is -0.149. The van der Waals surface area contributed by atoms with Gasteiger partial charge in [0.05, 0.1) is 6.10 Å². The lowest BCUT2D eigenvalue weighted by Gasteiger charge is -2.35. The molecule has 0 aromatic heterocycles. The third-order valence-corrected chi connectivity index (χ3v) is 2.54. The maximum Gasteiger partial charge on any atom is 0.172 e. The molecule has 72 valence electrons. The molecule has 1 heterocycles. The molecular weight excluding hydrogens is 174 g/mol. The van der Waals surface area contributed by atoms with Crippen molar-refractivity contribution in [1.82, 2.24) is 4.90 Å². The number of nitrogens with zero attached hydrogens (tertiary/aromatic N) is 1. The third-order valence-electron chi connectivity index (χ3n) is 2.30. The lowest BCUT2D eigenvalue weighted by Crippen LogP contribution is -2.41. The second kappa shape index (κ2) is 4.46. The lowest BCUT2D eigenvalue weighted by atomic mass is 10.0. The summed E-state index contributed by atoms with van der Waals surface area (Å²) in [6, 6.07) is 0.547. The Morgan fingerprint density at radius 3 is 2.58 bits per heavy atom. The van der Waals surface area contributed by atoms with E-state index >= 15 is 0 Å². The number of rotatable bonds is 2. The van der Waals surface area contributed by atoms with Gasteiger partial charge in [-0.3, -0.25) is 4.18 Å². The zero-order valence-electron chi connectivity index (χ0n) is 7.86. The summed E-state index contributed by atoms with van der Waals surface area (Å²) in [5, 5.41) is 0. The average Bonchev–Trinajstić information content (AvgIpc) is 2.03. The zero-order chi connectivity index (χ0) is 9.14. The number of hydrogen-bond donors (Lipinski definition) is 1. The average molecular weight is 191 g/mol. The molecule has 1 fully saturated rings. The molecule has 0 aromatic carbocycles. The van der Waals surface area contributed by atoms with E-state index in [4.69, 9.17) is 8.92 Å². The normalized spacial score (nSPS) is 37.2. The van der Waals surface area contributed by atoms with E-state index in [0.29, 0.717) is 6.04 Å². The highest BCUT2D eigenvalue weighted by molar-refractivity contribution is 7.75. The highest BCUT2D eigenvalue weighted by Crippen LogP contribution is 2.23. The first kappa shape index (κ1) is 10.3. The fraction of sp³-hybridized carbons (Fsp3) is 1.00. The fourth-order valence-corrected chi connectivity index (χ4v) is 1.70. The van der Waals surface area contributed by atoms with Gasteiger partial charge in [0, 0.05) is 12.5 Å². The molecular formula is C8H17NO2S. The van der Waals surface area contributed by atoms with Gasteiger partial charge in [-0.15, -0.1) is 0 Å². The molecule has 0 aromatic rings. The number of ether oxygens (including phenoxy) is 1. The standard InChI is InChI=1S/C8H17NO2S/c1-6-4-7(9(2)3)5-8(10-6)11-12/h6-8,12H,4-5H2,1-3H3. The van der Waals surface area contributed by atoms with Gasteiger partial charge < -0.3 is 9.64 Å². The quantitative estimate of drug-likeness (QED) is 0.525. The van der Waals surface area contributed by atoms with Crippen molar-refractivity contribution in [3.05, 3.63) is 0 Å². The van der Waals surface area contributed by atoms with Gasteiger partial charge in [-0.1, -0.05) is 0 Å². The summed E-state index contributed by atoms with van der Waals surface area (Å²) in [6.07, 6.45) is 2.09. The maximum atomic E-state index is 5.49. The van der Waals surface area contributed by atoms with Crippen LogP contribution in [-0.4, -0.2) is 37.4 Å². The van der Waals surface area contributed by atoms with E-state index in [-0.39, 0.29) is 12.4 Å². The van der Waals surface area contributed by atoms with Crippen LogP contribution in [0.5, 0.6) is 0 Å². The van der Waals surface area contributed by atoms with Crippen molar-refractivity contribution in [2.45, 2.75) is 38.2 Å². The SMILES string of the molecule is CC1CC(N(C)C)CC(OS)O1. The van der Waals surface area contributed by atoms with E-state index in [1.54, 1.807) is 0 Å². The van der Waals surface area contributed by atoms with Gasteiger partial charge >= 0.3 is 0 Å². The summed E-state index contributed by atoms with van der Waals surface area (Å²) >= 11 is 3.77. The van der Waals surface area contributed by atoms with Gasteiger partial charge in [-0.2, -0.15) is 0 Å². The van der Waals surface area contributed by atoms with Gasteiger partial charge in [0.1, 0.15) is 0 Å². The summed E-state index contributed by atoms with van der Waals surface area (Å²) < 4.78 is 10.4. The molecule has 0 saturated carbocycles. The van der Waals surface area contributed by atoms with Crippen molar-refractivity contribution < 1.29 is 8.92 Å². The first-order valence-electron chi connectivity index (χ1n) is 4.25. The van der Waals surface area contributed by atoms with Crippen LogP contribution < -0.4 is 0 Å². The Balaban J connectivity index is 2.45. The van der Waals surface area contributed by atoms with Crippen LogP contribution in [0, 0.1) is 0 Å². The highest BCUT2D eigenvalue weighted by Gasteiger charge is 2.28. The van der Waals surface area contributed by atoms with Gasteiger partial charge in [-0.25, -0.2) is 0 Å². The molecule has 0 aliphatic carbocycles. The summed E-state index contributed by atoms with van der Waals surface area (Å²) in [6.45, 7) is 2.06. The molecule has 3 unspecified atom stereocenters. The van der Waals surface area contributed by atoms with E-state index < -0.39 is 0 Å². The van der Waals surface area contributed by atoms with Crippen LogP contribution in [-0.2, 0) is 8.92 Å². The van der Waals surface area contributed by atoms with Crippen LogP contribution >= 0.6 is 12.9 Å². The Kier molecular flexibility index (Phi) is 3.83. The Labute approximate surface area is 79.6 Å². The Bertz CT molecular complexity index is 143. The van der Waals surface area contributed by atoms with Crippen LogP contribution in [0.3, 0.4) is 0 Å². The molecule has 0 amide bonds. The molecule has 12 heavy (non-hydrogen) atoms. The number of thiol groups is 1. The topological polar surface area (TPSA) is 21.7 Å². The molecule has 1 saturated heterocycles.